The van der Waals surface area contributed by atoms with E-state index in [1.807, 2.05) is 45.9 Å². The lowest BCUT2D eigenvalue weighted by Crippen LogP contribution is -2.55. The van der Waals surface area contributed by atoms with Gasteiger partial charge in [0.2, 0.25) is 11.8 Å². The van der Waals surface area contributed by atoms with Crippen LogP contribution in [0.15, 0.2) is 18.2 Å². The second kappa shape index (κ2) is 11.9. The molecule has 1 aliphatic rings. The van der Waals surface area contributed by atoms with Crippen LogP contribution < -0.4 is 10.6 Å². The number of benzene rings is 1. The summed E-state index contributed by atoms with van der Waals surface area (Å²) in [5.41, 5.74) is 1.86. The molecule has 0 aromatic heterocycles. The van der Waals surface area contributed by atoms with Gasteiger partial charge in [-0.25, -0.2) is 4.79 Å². The topological polar surface area (TPSA) is 108 Å². The lowest BCUT2D eigenvalue weighted by molar-refractivity contribution is -0.144. The van der Waals surface area contributed by atoms with E-state index in [0.717, 1.165) is 36.0 Å². The van der Waals surface area contributed by atoms with Gasteiger partial charge in [-0.3, -0.25) is 9.59 Å². The molecule has 0 bridgehead atoms. The largest absolute Gasteiger partial charge is 0.444 e. The van der Waals surface area contributed by atoms with Crippen LogP contribution in [0.2, 0.25) is 0 Å². The average molecular weight is 490 g/mol. The normalized spacial score (nSPS) is 19.8. The number of hydrogen-bond donors (Lipinski definition) is 3. The predicted octanol–water partition coefficient (Wildman–Crippen LogP) is 3.77. The third kappa shape index (κ3) is 7.95. The Morgan fingerprint density at radius 1 is 1.20 bits per heavy atom. The summed E-state index contributed by atoms with van der Waals surface area (Å²) in [6.07, 6.45) is 1.69. The molecule has 0 aliphatic heterocycles. The van der Waals surface area contributed by atoms with Crippen LogP contribution in [0.25, 0.3) is 0 Å². The number of carbonyl (C=O) groups is 3. The van der Waals surface area contributed by atoms with Gasteiger partial charge < -0.3 is 25.4 Å². The highest BCUT2D eigenvalue weighted by Gasteiger charge is 2.48. The zero-order valence-electron chi connectivity index (χ0n) is 22.5. The molecular formula is C27H43N3O5. The Morgan fingerprint density at radius 2 is 1.83 bits per heavy atom. The van der Waals surface area contributed by atoms with Crippen molar-refractivity contribution in [2.45, 2.75) is 104 Å². The smallest absolute Gasteiger partial charge is 0.408 e. The Morgan fingerprint density at radius 3 is 2.34 bits per heavy atom. The molecule has 35 heavy (non-hydrogen) atoms. The second-order valence-electron chi connectivity index (χ2n) is 10.9. The van der Waals surface area contributed by atoms with Crippen molar-refractivity contribution in [3.05, 3.63) is 34.9 Å². The molecule has 0 saturated heterocycles. The quantitative estimate of drug-likeness (QED) is 0.464. The fourth-order valence-corrected chi connectivity index (χ4v) is 4.29. The van der Waals surface area contributed by atoms with Gasteiger partial charge in [-0.1, -0.05) is 44.0 Å². The SMILES string of the molecule is CCCC(C)NC(=O)C(c1cc(C)ccc1C)N(C(=O)C(CO)NC(=O)OC(C)(C)C)C1CC1C. The number of hydrogen-bond acceptors (Lipinski definition) is 5. The standard InChI is InChI=1S/C27H43N3O5/c1-9-10-19(5)28-24(32)23(20-13-16(2)11-12-17(20)3)30(22-14-18(22)4)25(33)21(15-31)29-26(34)35-27(6,7)8/h11-13,18-19,21-23,31H,9-10,14-15H2,1-8H3,(H,28,32)(H,29,34). The highest BCUT2D eigenvalue weighted by Crippen LogP contribution is 2.41. The van der Waals surface area contributed by atoms with Crippen LogP contribution in [0, 0.1) is 19.8 Å². The van der Waals surface area contributed by atoms with E-state index >= 15 is 0 Å². The molecule has 1 aromatic carbocycles. The Bertz CT molecular complexity index is 911. The Labute approximate surface area is 209 Å². The number of alkyl carbamates (subject to hydrolysis) is 1. The molecule has 1 aliphatic carbocycles. The highest BCUT2D eigenvalue weighted by atomic mass is 16.6. The van der Waals surface area contributed by atoms with Gasteiger partial charge in [0.25, 0.3) is 0 Å². The molecule has 3 amide bonds. The molecular weight excluding hydrogens is 446 g/mol. The summed E-state index contributed by atoms with van der Waals surface area (Å²) < 4.78 is 5.29. The van der Waals surface area contributed by atoms with E-state index in [9.17, 15) is 19.5 Å². The van der Waals surface area contributed by atoms with Crippen molar-refractivity contribution in [3.63, 3.8) is 0 Å². The first-order valence-electron chi connectivity index (χ1n) is 12.6. The van der Waals surface area contributed by atoms with Gasteiger partial charge in [0.05, 0.1) is 6.61 Å². The number of aryl methyl sites for hydroxylation is 2. The van der Waals surface area contributed by atoms with E-state index < -0.39 is 36.3 Å². The minimum atomic E-state index is -1.23. The third-order valence-electron chi connectivity index (χ3n) is 6.22. The maximum Gasteiger partial charge on any atom is 0.408 e. The van der Waals surface area contributed by atoms with E-state index in [2.05, 4.69) is 17.6 Å². The molecule has 1 fully saturated rings. The van der Waals surface area contributed by atoms with E-state index in [4.69, 9.17) is 4.74 Å². The number of rotatable bonds is 10. The number of aliphatic hydroxyl groups excluding tert-OH is 1. The summed E-state index contributed by atoms with van der Waals surface area (Å²) >= 11 is 0. The van der Waals surface area contributed by atoms with Gasteiger partial charge in [0, 0.05) is 12.1 Å². The number of amides is 3. The van der Waals surface area contributed by atoms with Crippen molar-refractivity contribution in [3.8, 4) is 0 Å². The van der Waals surface area contributed by atoms with Crippen molar-refractivity contribution in [2.24, 2.45) is 5.92 Å². The molecule has 196 valence electrons. The average Bonchev–Trinajstić information content (AvgIpc) is 3.46. The van der Waals surface area contributed by atoms with Gasteiger partial charge in [-0.15, -0.1) is 0 Å². The number of carbonyl (C=O) groups excluding carboxylic acids is 3. The fraction of sp³-hybridized carbons (Fsp3) is 0.667. The zero-order valence-corrected chi connectivity index (χ0v) is 22.5. The van der Waals surface area contributed by atoms with Crippen LogP contribution in [0.1, 0.15) is 83.5 Å². The van der Waals surface area contributed by atoms with Crippen molar-refractivity contribution in [1.29, 1.82) is 0 Å². The van der Waals surface area contributed by atoms with Gasteiger partial charge in [0.15, 0.2) is 0 Å². The van der Waals surface area contributed by atoms with Gasteiger partial charge >= 0.3 is 6.09 Å². The monoisotopic (exact) mass is 489 g/mol. The van der Waals surface area contributed by atoms with Crippen molar-refractivity contribution in [2.75, 3.05) is 6.61 Å². The molecule has 0 radical (unpaired) electrons. The molecule has 5 atom stereocenters. The minimum absolute atomic E-state index is 0.0535. The summed E-state index contributed by atoms with van der Waals surface area (Å²) in [7, 11) is 0. The number of aliphatic hydroxyl groups is 1. The Hall–Kier alpha value is -2.61. The van der Waals surface area contributed by atoms with Crippen LogP contribution in [0.4, 0.5) is 4.79 Å². The molecule has 8 heteroatoms. The van der Waals surface area contributed by atoms with E-state index in [1.165, 1.54) is 0 Å². The lowest BCUT2D eigenvalue weighted by atomic mass is 9.95. The van der Waals surface area contributed by atoms with Gasteiger partial charge in [-0.2, -0.15) is 0 Å². The fourth-order valence-electron chi connectivity index (χ4n) is 4.29. The molecule has 3 N–H and O–H groups in total. The minimum Gasteiger partial charge on any atom is -0.444 e. The maximum atomic E-state index is 13.8. The third-order valence-corrected chi connectivity index (χ3v) is 6.22. The Balaban J connectivity index is 2.48. The maximum absolute atomic E-state index is 13.8. The van der Waals surface area contributed by atoms with Gasteiger partial charge in [-0.05, 0) is 71.4 Å². The van der Waals surface area contributed by atoms with E-state index in [-0.39, 0.29) is 23.9 Å². The first-order valence-corrected chi connectivity index (χ1v) is 12.6. The first kappa shape index (κ1) is 28.6. The summed E-state index contributed by atoms with van der Waals surface area (Å²) in [6, 6.07) is 3.52. The predicted molar refractivity (Wildman–Crippen MR) is 136 cm³/mol. The molecule has 5 unspecified atom stereocenters. The summed E-state index contributed by atoms with van der Waals surface area (Å²) in [6.45, 7) is 14.5. The zero-order chi connectivity index (χ0) is 26.5. The molecule has 0 spiro atoms. The number of ether oxygens (including phenoxy) is 1. The number of nitrogens with zero attached hydrogens (tertiary/aromatic N) is 1. The van der Waals surface area contributed by atoms with E-state index in [1.54, 1.807) is 25.7 Å². The van der Waals surface area contributed by atoms with Crippen LogP contribution in [-0.2, 0) is 14.3 Å². The van der Waals surface area contributed by atoms with Crippen molar-refractivity contribution < 1.29 is 24.2 Å². The Kier molecular flexibility index (Phi) is 9.72. The molecule has 1 aromatic rings. The highest BCUT2D eigenvalue weighted by molar-refractivity contribution is 5.93. The van der Waals surface area contributed by atoms with Crippen LogP contribution in [0.3, 0.4) is 0 Å². The van der Waals surface area contributed by atoms with Crippen LogP contribution in [-0.4, -0.2) is 58.2 Å². The van der Waals surface area contributed by atoms with Crippen LogP contribution >= 0.6 is 0 Å². The number of nitrogens with one attached hydrogen (secondary N) is 2. The van der Waals surface area contributed by atoms with E-state index in [0.29, 0.717) is 0 Å². The van der Waals surface area contributed by atoms with Gasteiger partial charge in [0.1, 0.15) is 17.7 Å². The molecule has 0 heterocycles. The van der Waals surface area contributed by atoms with Crippen molar-refractivity contribution in [1.82, 2.24) is 15.5 Å². The second-order valence-corrected chi connectivity index (χ2v) is 10.9. The van der Waals surface area contributed by atoms with Crippen LogP contribution in [0.5, 0.6) is 0 Å². The lowest BCUT2D eigenvalue weighted by Gasteiger charge is -2.36. The first-order chi connectivity index (χ1) is 16.3. The molecule has 1 saturated carbocycles. The van der Waals surface area contributed by atoms with Crippen molar-refractivity contribution >= 4 is 17.9 Å². The molecule has 8 nitrogen and oxygen atoms in total. The molecule has 2 rings (SSSR count). The summed E-state index contributed by atoms with van der Waals surface area (Å²) in [4.78, 5) is 41.5. The summed E-state index contributed by atoms with van der Waals surface area (Å²) in [5.74, 6) is -0.564. The summed E-state index contributed by atoms with van der Waals surface area (Å²) in [5, 5.41) is 15.6.